The molecule has 0 heterocycles. The molecule has 206 valence electrons. The van der Waals surface area contributed by atoms with Crippen molar-refractivity contribution >= 4 is 23.5 Å². The summed E-state index contributed by atoms with van der Waals surface area (Å²) >= 11 is 0. The number of anilines is 1. The molecular weight excluding hydrogens is 506 g/mol. The summed E-state index contributed by atoms with van der Waals surface area (Å²) in [6, 6.07) is 2.43. The van der Waals surface area contributed by atoms with E-state index in [9.17, 15) is 39.7 Å². The molecule has 0 aliphatic carbocycles. The fourth-order valence-corrected chi connectivity index (χ4v) is 2.71. The normalized spacial score (nSPS) is 11.2. The minimum atomic E-state index is -1.18. The highest BCUT2D eigenvalue weighted by Crippen LogP contribution is 2.32. The van der Waals surface area contributed by atoms with Gasteiger partial charge in [-0.15, -0.1) is 20.2 Å². The smallest absolute Gasteiger partial charge is 0.337 e. The molecule has 0 fully saturated rings. The minimum Gasteiger partial charge on any atom is -0.505 e. The number of nitrogens with zero attached hydrogens (tertiary/aromatic N) is 2. The number of hydrogen-bond donors (Lipinski definition) is 4. The maximum atomic E-state index is 11.9. The van der Waals surface area contributed by atoms with Gasteiger partial charge in [0.2, 0.25) is 5.91 Å². The predicted molar refractivity (Wildman–Crippen MR) is 120 cm³/mol. The van der Waals surface area contributed by atoms with Crippen LogP contribution in [0.3, 0.4) is 0 Å². The highest BCUT2D eigenvalue weighted by atomic mass is 17.0. The lowest BCUT2D eigenvalue weighted by Gasteiger charge is -2.13. The number of aromatic hydroxyl groups is 1. The summed E-state index contributed by atoms with van der Waals surface area (Å²) in [5.74, 6) is -3.15. The molecule has 0 bridgehead atoms. The van der Waals surface area contributed by atoms with E-state index < -0.39 is 52.7 Å². The standard InChI is InChI=1S/C19H27N5O13/c20-13-4-5-14(17(18(13)27)19(21)28)36-16(26)11-34-9-8-33-7-6-22-15(25)3-1-2-12(37-24(31)32)10-35-23(29)30/h4-5,12,27H,1-3,6-11,20H2,(H2,21,28)(H,22,25). The average Bonchev–Trinajstić information content (AvgIpc) is 2.80. The molecule has 1 unspecified atom stereocenters. The van der Waals surface area contributed by atoms with E-state index in [1.807, 2.05) is 0 Å². The number of ether oxygens (including phenoxy) is 3. The lowest BCUT2D eigenvalue weighted by molar-refractivity contribution is -0.790. The van der Waals surface area contributed by atoms with Crippen molar-refractivity contribution < 1.29 is 53.5 Å². The van der Waals surface area contributed by atoms with Crippen molar-refractivity contribution in [2.75, 3.05) is 45.3 Å². The van der Waals surface area contributed by atoms with Crippen molar-refractivity contribution in [1.29, 1.82) is 0 Å². The summed E-state index contributed by atoms with van der Waals surface area (Å²) in [6.07, 6.45) is -1.04. The van der Waals surface area contributed by atoms with Crippen molar-refractivity contribution in [2.45, 2.75) is 25.4 Å². The van der Waals surface area contributed by atoms with Gasteiger partial charge in [-0.2, -0.15) is 0 Å². The van der Waals surface area contributed by atoms with Gasteiger partial charge < -0.3 is 45.8 Å². The Kier molecular flexibility index (Phi) is 13.4. The molecule has 1 aromatic carbocycles. The summed E-state index contributed by atoms with van der Waals surface area (Å²) < 4.78 is 15.3. The van der Waals surface area contributed by atoms with Gasteiger partial charge in [-0.3, -0.25) is 9.59 Å². The first-order valence-corrected chi connectivity index (χ1v) is 10.6. The molecule has 6 N–H and O–H groups in total. The quantitative estimate of drug-likeness (QED) is 0.0319. The van der Waals surface area contributed by atoms with Crippen molar-refractivity contribution in [1.82, 2.24) is 5.32 Å². The third-order valence-corrected chi connectivity index (χ3v) is 4.33. The summed E-state index contributed by atoms with van der Waals surface area (Å²) in [6.45, 7) is -0.774. The third kappa shape index (κ3) is 12.7. The third-order valence-electron chi connectivity index (χ3n) is 4.33. The highest BCUT2D eigenvalue weighted by molar-refractivity contribution is 6.00. The molecule has 18 nitrogen and oxygen atoms in total. The van der Waals surface area contributed by atoms with Gasteiger partial charge in [-0.05, 0) is 25.0 Å². The molecule has 0 spiro atoms. The largest absolute Gasteiger partial charge is 0.505 e. The number of esters is 1. The number of carbonyl (C=O) groups excluding carboxylic acids is 3. The number of nitrogen functional groups attached to an aromatic ring is 1. The number of rotatable bonds is 19. The molecule has 0 aromatic heterocycles. The van der Waals surface area contributed by atoms with Crippen LogP contribution in [0.25, 0.3) is 0 Å². The minimum absolute atomic E-state index is 0.00274. The van der Waals surface area contributed by atoms with Crippen molar-refractivity contribution in [3.63, 3.8) is 0 Å². The summed E-state index contributed by atoms with van der Waals surface area (Å²) in [7, 11) is 0. The van der Waals surface area contributed by atoms with Crippen LogP contribution in [-0.2, 0) is 28.7 Å². The number of nitrogens with two attached hydrogens (primary N) is 2. The maximum Gasteiger partial charge on any atom is 0.337 e. The van der Waals surface area contributed by atoms with Gasteiger partial charge in [0.25, 0.3) is 16.1 Å². The number of nitrogens with one attached hydrogen (secondary N) is 1. The Balaban J connectivity index is 2.16. The number of benzene rings is 1. The van der Waals surface area contributed by atoms with E-state index >= 15 is 0 Å². The zero-order valence-electron chi connectivity index (χ0n) is 19.5. The molecular formula is C19H27N5O13. The van der Waals surface area contributed by atoms with Crippen LogP contribution < -0.4 is 21.5 Å². The molecule has 0 radical (unpaired) electrons. The average molecular weight is 533 g/mol. The Bertz CT molecular complexity index is 959. The Morgan fingerprint density at radius 1 is 1.08 bits per heavy atom. The fraction of sp³-hybridized carbons (Fsp3) is 0.526. The van der Waals surface area contributed by atoms with E-state index in [2.05, 4.69) is 15.0 Å². The van der Waals surface area contributed by atoms with Crippen LogP contribution in [0.15, 0.2) is 12.1 Å². The zero-order valence-corrected chi connectivity index (χ0v) is 19.5. The van der Waals surface area contributed by atoms with Gasteiger partial charge >= 0.3 is 5.97 Å². The Hall–Kier alpha value is -4.45. The first-order valence-electron chi connectivity index (χ1n) is 10.6. The molecule has 18 heteroatoms. The Morgan fingerprint density at radius 2 is 1.78 bits per heavy atom. The molecule has 37 heavy (non-hydrogen) atoms. The Morgan fingerprint density at radius 3 is 2.43 bits per heavy atom. The van der Waals surface area contributed by atoms with Gasteiger partial charge in [0.1, 0.15) is 30.6 Å². The highest BCUT2D eigenvalue weighted by Gasteiger charge is 2.20. The monoisotopic (exact) mass is 533 g/mol. The molecule has 0 aliphatic rings. The first-order chi connectivity index (χ1) is 17.5. The summed E-state index contributed by atoms with van der Waals surface area (Å²) in [5.41, 5.74) is 10.1. The number of carbonyl (C=O) groups is 3. The van der Waals surface area contributed by atoms with E-state index in [0.29, 0.717) is 0 Å². The molecule has 0 saturated carbocycles. The molecule has 0 saturated heterocycles. The predicted octanol–water partition coefficient (Wildman–Crippen LogP) is -0.916. The van der Waals surface area contributed by atoms with Crippen molar-refractivity contribution in [3.8, 4) is 11.5 Å². The van der Waals surface area contributed by atoms with Gasteiger partial charge in [-0.1, -0.05) is 0 Å². The van der Waals surface area contributed by atoms with Crippen LogP contribution in [0, 0.1) is 20.2 Å². The Labute approximate surface area is 208 Å². The maximum absolute atomic E-state index is 11.9. The van der Waals surface area contributed by atoms with Gasteiger partial charge in [0.15, 0.2) is 5.75 Å². The zero-order chi connectivity index (χ0) is 27.8. The lowest BCUT2D eigenvalue weighted by Crippen LogP contribution is -2.28. The van der Waals surface area contributed by atoms with E-state index in [1.54, 1.807) is 0 Å². The molecule has 0 aliphatic heterocycles. The van der Waals surface area contributed by atoms with Crippen LogP contribution in [0.5, 0.6) is 11.5 Å². The molecule has 1 aromatic rings. The molecule has 1 rings (SSSR count). The first kappa shape index (κ1) is 30.6. The SMILES string of the molecule is NC(=O)c1c(OC(=O)COCCOCCNC(=O)CCCC(CO[N+](=O)[O-])O[N+](=O)[O-])ccc(N)c1O. The van der Waals surface area contributed by atoms with Crippen LogP contribution in [0.1, 0.15) is 29.6 Å². The number of primary amides is 1. The van der Waals surface area contributed by atoms with Crippen molar-refractivity contribution in [2.24, 2.45) is 5.73 Å². The second kappa shape index (κ2) is 16.3. The van der Waals surface area contributed by atoms with E-state index in [0.717, 1.165) is 0 Å². The van der Waals surface area contributed by atoms with Crippen LogP contribution in [0.4, 0.5) is 5.69 Å². The summed E-state index contributed by atoms with van der Waals surface area (Å²) in [5, 5.41) is 30.7. The van der Waals surface area contributed by atoms with Crippen molar-refractivity contribution in [3.05, 3.63) is 37.9 Å². The number of phenols is 1. The number of amides is 2. The topological polar surface area (TPSA) is 268 Å². The molecule has 1 atom stereocenters. The van der Waals surface area contributed by atoms with Crippen LogP contribution >= 0.6 is 0 Å². The number of hydrogen-bond acceptors (Lipinski definition) is 14. The molecule has 2 amide bonds. The lowest BCUT2D eigenvalue weighted by atomic mass is 10.1. The van der Waals surface area contributed by atoms with E-state index in [1.165, 1.54) is 12.1 Å². The van der Waals surface area contributed by atoms with Gasteiger partial charge in [-0.25, -0.2) is 4.79 Å². The summed E-state index contributed by atoms with van der Waals surface area (Å²) in [4.78, 5) is 64.0. The van der Waals surface area contributed by atoms with E-state index in [-0.39, 0.29) is 63.0 Å². The second-order valence-corrected chi connectivity index (χ2v) is 7.09. The van der Waals surface area contributed by atoms with Gasteiger partial charge in [0, 0.05) is 13.0 Å². The van der Waals surface area contributed by atoms with Crippen LogP contribution in [-0.4, -0.2) is 78.7 Å². The van der Waals surface area contributed by atoms with Crippen LogP contribution in [0.2, 0.25) is 0 Å². The fourth-order valence-electron chi connectivity index (χ4n) is 2.71. The van der Waals surface area contributed by atoms with E-state index in [4.69, 9.17) is 25.7 Å². The van der Waals surface area contributed by atoms with Gasteiger partial charge in [0.05, 0.1) is 25.5 Å². The second-order valence-electron chi connectivity index (χ2n) is 7.09.